The number of rotatable bonds is 7. The molecule has 2 aromatic heterocycles. The number of oxazole rings is 1. The summed E-state index contributed by atoms with van der Waals surface area (Å²) in [4.78, 5) is 32.1. The molecule has 0 atom stereocenters. The van der Waals surface area contributed by atoms with Crippen LogP contribution < -0.4 is 10.1 Å². The Hall–Kier alpha value is -3.46. The largest absolute Gasteiger partial charge is 0.484 e. The third-order valence-corrected chi connectivity index (χ3v) is 4.77. The summed E-state index contributed by atoms with van der Waals surface area (Å²) in [5.41, 5.74) is 0.0380. The summed E-state index contributed by atoms with van der Waals surface area (Å²) in [6, 6.07) is 5.81. The summed E-state index contributed by atoms with van der Waals surface area (Å²) in [5.74, 6) is 0.312. The molecule has 0 bridgehead atoms. The molecule has 3 rings (SSSR count). The van der Waals surface area contributed by atoms with Gasteiger partial charge in [0, 0.05) is 22.6 Å². The maximum absolute atomic E-state index is 12.0. The molecule has 156 valence electrons. The monoisotopic (exact) mass is 427 g/mol. The van der Waals surface area contributed by atoms with Gasteiger partial charge in [-0.25, -0.2) is 14.8 Å². The van der Waals surface area contributed by atoms with Gasteiger partial charge in [0.2, 0.25) is 5.89 Å². The predicted octanol–water partition coefficient (Wildman–Crippen LogP) is 4.31. The summed E-state index contributed by atoms with van der Waals surface area (Å²) in [7, 11) is 0. The van der Waals surface area contributed by atoms with E-state index < -0.39 is 5.97 Å². The molecular weight excluding hydrogens is 406 g/mol. The Morgan fingerprint density at radius 1 is 1.17 bits per heavy atom. The van der Waals surface area contributed by atoms with Gasteiger partial charge in [0.15, 0.2) is 11.7 Å². The zero-order chi connectivity index (χ0) is 21.7. The number of aromatic carboxylic acids is 1. The summed E-state index contributed by atoms with van der Waals surface area (Å²) < 4.78 is 11.1. The Morgan fingerprint density at radius 3 is 2.53 bits per heavy atom. The van der Waals surface area contributed by atoms with E-state index in [9.17, 15) is 9.59 Å². The van der Waals surface area contributed by atoms with E-state index in [1.54, 1.807) is 18.5 Å². The number of carbonyl (C=O) groups is 2. The van der Waals surface area contributed by atoms with Crippen molar-refractivity contribution in [1.82, 2.24) is 9.97 Å². The van der Waals surface area contributed by atoms with Crippen molar-refractivity contribution in [3.05, 3.63) is 58.8 Å². The first kappa shape index (κ1) is 21.3. The first-order valence-electron chi connectivity index (χ1n) is 9.07. The molecule has 0 spiro atoms. The molecule has 1 aromatic carbocycles. The van der Waals surface area contributed by atoms with Gasteiger partial charge in [-0.1, -0.05) is 32.1 Å². The minimum absolute atomic E-state index is 0.110. The van der Waals surface area contributed by atoms with Gasteiger partial charge < -0.3 is 14.3 Å². The Balaban J connectivity index is 1.51. The molecule has 0 fully saturated rings. The lowest BCUT2D eigenvalue weighted by Gasteiger charge is -2.12. The van der Waals surface area contributed by atoms with Gasteiger partial charge >= 0.3 is 5.97 Å². The van der Waals surface area contributed by atoms with Gasteiger partial charge in [-0.05, 0) is 30.3 Å². The minimum Gasteiger partial charge on any atom is -0.484 e. The van der Waals surface area contributed by atoms with Crippen LogP contribution in [0.1, 0.15) is 47.7 Å². The highest BCUT2D eigenvalue weighted by Crippen LogP contribution is 2.24. The molecule has 0 saturated carbocycles. The molecule has 8 nitrogen and oxygen atoms in total. The average molecular weight is 427 g/mol. The molecule has 0 aliphatic carbocycles. The second-order valence-corrected chi connectivity index (χ2v) is 8.44. The number of carbonyl (C=O) groups excluding carboxylic acids is 1. The first-order chi connectivity index (χ1) is 14.2. The number of hydrogen-bond acceptors (Lipinski definition) is 7. The summed E-state index contributed by atoms with van der Waals surface area (Å²) in [6.45, 7) is 5.93. The fraction of sp³-hybridized carbons (Fsp3) is 0.238. The molecule has 0 unspecified atom stereocenters. The molecule has 1 amide bonds. The molecule has 0 aliphatic rings. The molecule has 30 heavy (non-hydrogen) atoms. The van der Waals surface area contributed by atoms with E-state index in [1.165, 1.54) is 35.6 Å². The van der Waals surface area contributed by atoms with Crippen molar-refractivity contribution in [1.29, 1.82) is 0 Å². The number of anilines is 1. The smallest absolute Gasteiger partial charge is 0.335 e. The molecule has 0 aliphatic heterocycles. The van der Waals surface area contributed by atoms with Crippen LogP contribution in [0.5, 0.6) is 5.75 Å². The van der Waals surface area contributed by atoms with Crippen molar-refractivity contribution in [2.24, 2.45) is 0 Å². The Morgan fingerprint density at radius 2 is 1.90 bits per heavy atom. The Labute approximate surface area is 177 Å². The van der Waals surface area contributed by atoms with Crippen LogP contribution >= 0.6 is 11.3 Å². The molecule has 9 heteroatoms. The lowest BCUT2D eigenvalue weighted by atomic mass is 9.94. The number of ether oxygens (including phenoxy) is 1. The number of benzene rings is 1. The molecule has 2 N–H and O–H groups in total. The number of nitrogens with one attached hydrogen (secondary N) is 1. The minimum atomic E-state index is -1.02. The Bertz CT molecular complexity index is 1060. The van der Waals surface area contributed by atoms with E-state index in [0.717, 1.165) is 10.6 Å². The molecule has 0 radical (unpaired) electrons. The van der Waals surface area contributed by atoms with Crippen molar-refractivity contribution < 1.29 is 23.8 Å². The van der Waals surface area contributed by atoms with Gasteiger partial charge in [0.1, 0.15) is 11.5 Å². The summed E-state index contributed by atoms with van der Waals surface area (Å²) in [6.07, 6.45) is 6.91. The fourth-order valence-electron chi connectivity index (χ4n) is 2.28. The first-order valence-corrected chi connectivity index (χ1v) is 9.88. The molecule has 0 saturated heterocycles. The summed E-state index contributed by atoms with van der Waals surface area (Å²) in [5, 5.41) is 12.0. The van der Waals surface area contributed by atoms with Crippen LogP contribution in [0, 0.1) is 0 Å². The third kappa shape index (κ3) is 5.77. The van der Waals surface area contributed by atoms with E-state index in [0.29, 0.717) is 16.8 Å². The standard InChI is InChI=1S/C21H21N3O5S/c1-21(2,3)16-11-22-18(29-16)9-8-15-10-23-20(30-15)24-17(25)12-28-14-6-4-13(5-7-14)19(26)27/h4-11H,12H2,1-3H3,(H,26,27)(H,23,24,25). The summed E-state index contributed by atoms with van der Waals surface area (Å²) >= 11 is 1.30. The highest BCUT2D eigenvalue weighted by atomic mass is 32.1. The van der Waals surface area contributed by atoms with Gasteiger partial charge in [-0.3, -0.25) is 10.1 Å². The number of amides is 1. The SMILES string of the molecule is CC(C)(C)c1cnc(C=Cc2cnc(NC(=O)COc3ccc(C(=O)O)cc3)s2)o1. The number of hydrogen-bond donors (Lipinski definition) is 2. The Kier molecular flexibility index (Phi) is 6.31. The van der Waals surface area contributed by atoms with Crippen LogP contribution in [0.25, 0.3) is 12.2 Å². The number of nitrogens with zero attached hydrogens (tertiary/aromatic N) is 2. The predicted molar refractivity (Wildman–Crippen MR) is 114 cm³/mol. The van der Waals surface area contributed by atoms with Gasteiger partial charge in [-0.2, -0.15) is 0 Å². The van der Waals surface area contributed by atoms with Gasteiger partial charge in [0.05, 0.1) is 11.8 Å². The zero-order valence-electron chi connectivity index (χ0n) is 16.7. The fourth-order valence-corrected chi connectivity index (χ4v) is 3.02. The second kappa shape index (κ2) is 8.91. The van der Waals surface area contributed by atoms with E-state index in [2.05, 4.69) is 15.3 Å². The third-order valence-electron chi connectivity index (χ3n) is 3.89. The number of carboxylic acids is 1. The lowest BCUT2D eigenvalue weighted by molar-refractivity contribution is -0.118. The highest BCUT2D eigenvalue weighted by molar-refractivity contribution is 7.16. The molecule has 2 heterocycles. The van der Waals surface area contributed by atoms with E-state index in [-0.39, 0.29) is 23.5 Å². The zero-order valence-corrected chi connectivity index (χ0v) is 17.5. The quantitative estimate of drug-likeness (QED) is 0.577. The molecule has 3 aromatic rings. The number of carboxylic acid groups (broad SMARTS) is 1. The van der Waals surface area contributed by atoms with E-state index >= 15 is 0 Å². The lowest BCUT2D eigenvalue weighted by Crippen LogP contribution is -2.20. The van der Waals surface area contributed by atoms with E-state index in [4.69, 9.17) is 14.3 Å². The van der Waals surface area contributed by atoms with Crippen LogP contribution in [0.4, 0.5) is 5.13 Å². The van der Waals surface area contributed by atoms with Crippen LogP contribution in [0.3, 0.4) is 0 Å². The maximum Gasteiger partial charge on any atom is 0.335 e. The van der Waals surface area contributed by atoms with Crippen LogP contribution in [0.15, 0.2) is 41.1 Å². The van der Waals surface area contributed by atoms with Crippen molar-refractivity contribution in [2.45, 2.75) is 26.2 Å². The molecular formula is C21H21N3O5S. The van der Waals surface area contributed by atoms with Gasteiger partial charge in [-0.15, -0.1) is 0 Å². The number of thiazole rings is 1. The van der Waals surface area contributed by atoms with Crippen LogP contribution in [-0.4, -0.2) is 33.6 Å². The van der Waals surface area contributed by atoms with E-state index in [1.807, 2.05) is 26.8 Å². The van der Waals surface area contributed by atoms with Crippen molar-refractivity contribution in [2.75, 3.05) is 11.9 Å². The highest BCUT2D eigenvalue weighted by Gasteiger charge is 2.18. The second-order valence-electron chi connectivity index (χ2n) is 7.38. The van der Waals surface area contributed by atoms with Crippen molar-refractivity contribution in [3.8, 4) is 5.75 Å². The van der Waals surface area contributed by atoms with Crippen LogP contribution in [0.2, 0.25) is 0 Å². The average Bonchev–Trinajstić information content (AvgIpc) is 3.34. The number of aromatic nitrogens is 2. The maximum atomic E-state index is 12.0. The normalized spacial score (nSPS) is 11.6. The van der Waals surface area contributed by atoms with Crippen LogP contribution in [-0.2, 0) is 10.2 Å². The topological polar surface area (TPSA) is 115 Å². The van der Waals surface area contributed by atoms with Gasteiger partial charge in [0.25, 0.3) is 5.91 Å². The van der Waals surface area contributed by atoms with Crippen molar-refractivity contribution >= 4 is 40.5 Å². The van der Waals surface area contributed by atoms with Crippen molar-refractivity contribution in [3.63, 3.8) is 0 Å².